The molecule has 0 aliphatic rings. The first-order valence-corrected chi connectivity index (χ1v) is 5.51. The Hall–Kier alpha value is -1.14. The summed E-state index contributed by atoms with van der Waals surface area (Å²) in [7, 11) is 0. The molecule has 1 aromatic carbocycles. The zero-order valence-corrected chi connectivity index (χ0v) is 10.3. The second-order valence-corrected chi connectivity index (χ2v) is 4.38. The summed E-state index contributed by atoms with van der Waals surface area (Å²) in [6, 6.07) is 4.59. The zero-order valence-electron chi connectivity index (χ0n) is 8.72. The molecule has 88 valence electrons. The number of hydrogen-bond acceptors (Lipinski definition) is 4. The average Bonchev–Trinajstić information content (AvgIpc) is 2.26. The number of aliphatic hydroxyl groups is 1. The predicted molar refractivity (Wildman–Crippen MR) is 62.5 cm³/mol. The lowest BCUT2D eigenvalue weighted by molar-refractivity contribution is -0.386. The van der Waals surface area contributed by atoms with Gasteiger partial charge >= 0.3 is 5.69 Å². The monoisotopic (exact) mass is 289 g/mol. The minimum Gasteiger partial charge on any atom is -0.486 e. The fourth-order valence-corrected chi connectivity index (χ4v) is 1.39. The van der Waals surface area contributed by atoms with E-state index in [-0.39, 0.29) is 30.6 Å². The molecule has 1 N–H and O–H groups in total. The van der Waals surface area contributed by atoms with Crippen LogP contribution in [0.5, 0.6) is 5.75 Å². The lowest BCUT2D eigenvalue weighted by Crippen LogP contribution is -2.12. The predicted octanol–water partition coefficient (Wildman–Crippen LogP) is 2.36. The van der Waals surface area contributed by atoms with Crippen molar-refractivity contribution in [1.29, 1.82) is 0 Å². The molecule has 1 aromatic rings. The zero-order chi connectivity index (χ0) is 12.1. The molecule has 6 heteroatoms. The molecule has 0 bridgehead atoms. The number of nitro groups is 1. The molecule has 0 saturated heterocycles. The van der Waals surface area contributed by atoms with Crippen molar-refractivity contribution in [1.82, 2.24) is 0 Å². The molecule has 0 aliphatic heterocycles. The van der Waals surface area contributed by atoms with Crippen molar-refractivity contribution in [2.75, 3.05) is 13.2 Å². The minimum atomic E-state index is -0.496. The molecule has 0 saturated carbocycles. The molecule has 5 nitrogen and oxygen atoms in total. The van der Waals surface area contributed by atoms with Gasteiger partial charge in [0.15, 0.2) is 5.75 Å². The van der Waals surface area contributed by atoms with Gasteiger partial charge in [0, 0.05) is 23.1 Å². The van der Waals surface area contributed by atoms with Gasteiger partial charge in [-0.2, -0.15) is 0 Å². The van der Waals surface area contributed by atoms with E-state index in [0.717, 1.165) is 0 Å². The van der Waals surface area contributed by atoms with E-state index in [1.807, 2.05) is 0 Å². The van der Waals surface area contributed by atoms with Crippen molar-refractivity contribution in [3.05, 3.63) is 32.8 Å². The SMILES string of the molecule is CC(CO)COc1ccc(Br)cc1[N+](=O)[O-]. The van der Waals surface area contributed by atoms with Crippen molar-refractivity contribution in [3.63, 3.8) is 0 Å². The molecule has 1 atom stereocenters. The van der Waals surface area contributed by atoms with E-state index in [1.54, 1.807) is 13.0 Å². The molecular weight excluding hydrogens is 278 g/mol. The van der Waals surface area contributed by atoms with Crippen LogP contribution < -0.4 is 4.74 Å². The molecule has 1 unspecified atom stereocenters. The van der Waals surface area contributed by atoms with Gasteiger partial charge in [-0.3, -0.25) is 10.1 Å². The molecule has 16 heavy (non-hydrogen) atoms. The molecule has 0 aromatic heterocycles. The number of hydrogen-bond donors (Lipinski definition) is 1. The van der Waals surface area contributed by atoms with Crippen LogP contribution >= 0.6 is 15.9 Å². The Morgan fingerprint density at radius 3 is 2.88 bits per heavy atom. The largest absolute Gasteiger partial charge is 0.486 e. The second kappa shape index (κ2) is 5.81. The van der Waals surface area contributed by atoms with Crippen LogP contribution in [0.15, 0.2) is 22.7 Å². The summed E-state index contributed by atoms with van der Waals surface area (Å²) < 4.78 is 5.91. The van der Waals surface area contributed by atoms with E-state index < -0.39 is 4.92 Å². The summed E-state index contributed by atoms with van der Waals surface area (Å²) in [5.74, 6) is 0.164. The van der Waals surface area contributed by atoms with E-state index in [9.17, 15) is 10.1 Å². The number of halogens is 1. The molecule has 0 amide bonds. The Kier molecular flexibility index (Phi) is 4.70. The maximum Gasteiger partial charge on any atom is 0.312 e. The fraction of sp³-hybridized carbons (Fsp3) is 0.400. The molecule has 0 radical (unpaired) electrons. The molecule has 0 fully saturated rings. The van der Waals surface area contributed by atoms with Gasteiger partial charge < -0.3 is 9.84 Å². The third-order valence-corrected chi connectivity index (χ3v) is 2.45. The summed E-state index contributed by atoms with van der Waals surface area (Å²) in [4.78, 5) is 10.2. The summed E-state index contributed by atoms with van der Waals surface area (Å²) in [6.45, 7) is 2.04. The smallest absolute Gasteiger partial charge is 0.312 e. The number of ether oxygens (including phenoxy) is 1. The maximum absolute atomic E-state index is 10.7. The van der Waals surface area contributed by atoms with Gasteiger partial charge in [-0.15, -0.1) is 0 Å². The van der Waals surface area contributed by atoms with Gasteiger partial charge in [0.2, 0.25) is 0 Å². The molecule has 0 aliphatic carbocycles. The highest BCUT2D eigenvalue weighted by molar-refractivity contribution is 9.10. The Morgan fingerprint density at radius 2 is 2.31 bits per heavy atom. The van der Waals surface area contributed by atoms with Crippen LogP contribution in [-0.2, 0) is 0 Å². The van der Waals surface area contributed by atoms with Crippen LogP contribution in [0.25, 0.3) is 0 Å². The lowest BCUT2D eigenvalue weighted by Gasteiger charge is -2.10. The average molecular weight is 290 g/mol. The molecule has 0 heterocycles. The second-order valence-electron chi connectivity index (χ2n) is 3.47. The maximum atomic E-state index is 10.7. The highest BCUT2D eigenvalue weighted by atomic mass is 79.9. The van der Waals surface area contributed by atoms with Crippen LogP contribution in [0.2, 0.25) is 0 Å². The Bertz CT molecular complexity index is 383. The van der Waals surface area contributed by atoms with Gasteiger partial charge in [0.25, 0.3) is 0 Å². The van der Waals surface area contributed by atoms with E-state index >= 15 is 0 Å². The van der Waals surface area contributed by atoms with Crippen LogP contribution in [0.3, 0.4) is 0 Å². The Morgan fingerprint density at radius 1 is 1.62 bits per heavy atom. The minimum absolute atomic E-state index is 0.00960. The molecule has 0 spiro atoms. The summed E-state index contributed by atoms with van der Waals surface area (Å²) in [5.41, 5.74) is -0.0838. The first-order valence-electron chi connectivity index (χ1n) is 4.72. The summed E-state index contributed by atoms with van der Waals surface area (Å²) >= 11 is 3.16. The van der Waals surface area contributed by atoms with E-state index in [0.29, 0.717) is 4.47 Å². The van der Waals surface area contributed by atoms with Crippen LogP contribution in [0.1, 0.15) is 6.92 Å². The Labute approximate surface area is 101 Å². The third kappa shape index (κ3) is 3.46. The van der Waals surface area contributed by atoms with Crippen molar-refractivity contribution >= 4 is 21.6 Å². The van der Waals surface area contributed by atoms with Gasteiger partial charge in [-0.1, -0.05) is 22.9 Å². The number of nitrogens with zero attached hydrogens (tertiary/aromatic N) is 1. The van der Waals surface area contributed by atoms with E-state index in [1.165, 1.54) is 12.1 Å². The highest BCUT2D eigenvalue weighted by Gasteiger charge is 2.16. The first-order chi connectivity index (χ1) is 7.54. The van der Waals surface area contributed by atoms with Gasteiger partial charge in [-0.05, 0) is 12.1 Å². The highest BCUT2D eigenvalue weighted by Crippen LogP contribution is 2.30. The van der Waals surface area contributed by atoms with Crippen molar-refractivity contribution in [2.45, 2.75) is 6.92 Å². The van der Waals surface area contributed by atoms with Gasteiger partial charge in [0.05, 0.1) is 11.5 Å². The van der Waals surface area contributed by atoms with Gasteiger partial charge in [0.1, 0.15) is 0 Å². The van der Waals surface area contributed by atoms with Crippen LogP contribution in [-0.4, -0.2) is 23.2 Å². The van der Waals surface area contributed by atoms with Crippen molar-refractivity contribution in [3.8, 4) is 5.75 Å². The van der Waals surface area contributed by atoms with Crippen molar-refractivity contribution < 1.29 is 14.8 Å². The topological polar surface area (TPSA) is 72.6 Å². The van der Waals surface area contributed by atoms with Crippen molar-refractivity contribution in [2.24, 2.45) is 5.92 Å². The summed E-state index contributed by atoms with van der Waals surface area (Å²) in [5, 5.41) is 19.6. The molecule has 1 rings (SSSR count). The first kappa shape index (κ1) is 12.9. The van der Waals surface area contributed by atoms with Gasteiger partial charge in [-0.25, -0.2) is 0 Å². The number of aliphatic hydroxyl groups excluding tert-OH is 1. The number of benzene rings is 1. The molecular formula is C10H12BrNO4. The van der Waals surface area contributed by atoms with Crippen LogP contribution in [0, 0.1) is 16.0 Å². The Balaban J connectivity index is 2.82. The number of rotatable bonds is 5. The van der Waals surface area contributed by atoms with Crippen LogP contribution in [0.4, 0.5) is 5.69 Å². The van der Waals surface area contributed by atoms with E-state index in [2.05, 4.69) is 15.9 Å². The standard InChI is InChI=1S/C10H12BrNO4/c1-7(5-13)6-16-10-3-2-8(11)4-9(10)12(14)15/h2-4,7,13H,5-6H2,1H3. The third-order valence-electron chi connectivity index (χ3n) is 1.95. The fourth-order valence-electron chi connectivity index (χ4n) is 1.04. The number of nitro benzene ring substituents is 1. The van der Waals surface area contributed by atoms with E-state index in [4.69, 9.17) is 9.84 Å². The lowest BCUT2D eigenvalue weighted by atomic mass is 10.2. The summed E-state index contributed by atoms with van der Waals surface area (Å²) in [6.07, 6.45) is 0. The quantitative estimate of drug-likeness (QED) is 0.667. The normalized spacial score (nSPS) is 12.2.